The van der Waals surface area contributed by atoms with Gasteiger partial charge in [-0.2, -0.15) is 0 Å². The van der Waals surface area contributed by atoms with E-state index < -0.39 is 5.97 Å². The summed E-state index contributed by atoms with van der Waals surface area (Å²) < 4.78 is 0. The summed E-state index contributed by atoms with van der Waals surface area (Å²) in [6.07, 6.45) is 1.69. The molecule has 0 N–H and O–H groups in total. The van der Waals surface area contributed by atoms with Crippen molar-refractivity contribution in [3.8, 4) is 21.6 Å². The average molecular weight is 349 g/mol. The number of carboxylic acid groups (broad SMARTS) is 1. The van der Waals surface area contributed by atoms with E-state index in [0.717, 1.165) is 10.4 Å². The van der Waals surface area contributed by atoms with E-state index in [9.17, 15) is 9.90 Å². The van der Waals surface area contributed by atoms with Crippen LogP contribution < -0.4 is 5.11 Å². The molecular weight excluding hydrogens is 336 g/mol. The first kappa shape index (κ1) is 15.2. The molecule has 0 aliphatic carbocycles. The quantitative estimate of drug-likeness (QED) is 0.493. The number of thiophene rings is 1. The molecule has 1 aromatic heterocycles. The number of hydrogen-bond donors (Lipinski definition) is 0. The van der Waals surface area contributed by atoms with E-state index >= 15 is 0 Å². The van der Waals surface area contributed by atoms with Crippen LogP contribution in [-0.2, 0) is 4.79 Å². The minimum Gasteiger partial charge on any atom is -0.545 e. The second kappa shape index (κ2) is 5.96. The molecular formula is C20H13O2S2-. The summed E-state index contributed by atoms with van der Waals surface area (Å²) in [6.45, 7) is 1.57. The van der Waals surface area contributed by atoms with Crippen molar-refractivity contribution in [1.82, 2.24) is 0 Å². The lowest BCUT2D eigenvalue weighted by Gasteiger charge is -2.05. The summed E-state index contributed by atoms with van der Waals surface area (Å²) >= 11 is 3.40. The van der Waals surface area contributed by atoms with E-state index in [4.69, 9.17) is 0 Å². The van der Waals surface area contributed by atoms with Crippen LogP contribution in [0.5, 0.6) is 0 Å². The highest BCUT2D eigenvalue weighted by Crippen LogP contribution is 2.51. The summed E-state index contributed by atoms with van der Waals surface area (Å²) in [7, 11) is 0. The van der Waals surface area contributed by atoms with Gasteiger partial charge >= 0.3 is 0 Å². The molecule has 0 amide bonds. The van der Waals surface area contributed by atoms with Crippen LogP contribution in [0, 0.1) is 0 Å². The van der Waals surface area contributed by atoms with E-state index in [1.807, 2.05) is 24.3 Å². The summed E-state index contributed by atoms with van der Waals surface area (Å²) in [5.74, 6) is -1.13. The number of benzene rings is 2. The zero-order valence-corrected chi connectivity index (χ0v) is 14.5. The molecule has 1 aliphatic rings. The molecule has 0 saturated heterocycles. The molecule has 4 heteroatoms. The Kier molecular flexibility index (Phi) is 3.79. The molecule has 0 fully saturated rings. The molecule has 0 unspecified atom stereocenters. The maximum atomic E-state index is 11.0. The Bertz CT molecular complexity index is 920. The number of hydrogen-bond acceptors (Lipinski definition) is 4. The maximum absolute atomic E-state index is 11.0. The van der Waals surface area contributed by atoms with Crippen molar-refractivity contribution >= 4 is 35.1 Å². The first-order valence-corrected chi connectivity index (χ1v) is 9.17. The molecule has 118 valence electrons. The molecule has 2 nitrogen and oxygen atoms in total. The Labute approximate surface area is 148 Å². The minimum atomic E-state index is -1.13. The number of carbonyl (C=O) groups is 1. The number of aliphatic carboxylic acids is 1. The predicted octanol–water partition coefficient (Wildman–Crippen LogP) is 4.70. The maximum Gasteiger partial charge on any atom is 0.0672 e. The predicted molar refractivity (Wildman–Crippen MR) is 98.0 cm³/mol. The van der Waals surface area contributed by atoms with Gasteiger partial charge in [0.15, 0.2) is 0 Å². The summed E-state index contributed by atoms with van der Waals surface area (Å²) in [5.41, 5.74) is 3.79. The molecule has 3 aromatic rings. The molecule has 0 atom stereocenters. The SMILES string of the molecule is C/C(=C\c1cc2c(s1)-c1ccccc1Sc1ccccc1-2)C(=O)[O-]. The molecule has 0 spiro atoms. The zero-order valence-electron chi connectivity index (χ0n) is 12.9. The Morgan fingerprint density at radius 1 is 0.958 bits per heavy atom. The van der Waals surface area contributed by atoms with Crippen LogP contribution in [0.25, 0.3) is 27.6 Å². The van der Waals surface area contributed by atoms with Crippen LogP contribution in [0.1, 0.15) is 11.8 Å². The highest BCUT2D eigenvalue weighted by Gasteiger charge is 2.21. The highest BCUT2D eigenvalue weighted by molar-refractivity contribution is 7.99. The third-order valence-corrected chi connectivity index (χ3v) is 6.23. The molecule has 4 rings (SSSR count). The van der Waals surface area contributed by atoms with Crippen molar-refractivity contribution in [2.45, 2.75) is 16.7 Å². The van der Waals surface area contributed by atoms with Crippen molar-refractivity contribution in [2.75, 3.05) is 0 Å². The van der Waals surface area contributed by atoms with Crippen molar-refractivity contribution in [3.63, 3.8) is 0 Å². The van der Waals surface area contributed by atoms with Gasteiger partial charge in [0.2, 0.25) is 0 Å². The lowest BCUT2D eigenvalue weighted by atomic mass is 10.0. The second-order valence-electron chi connectivity index (χ2n) is 5.60. The fourth-order valence-corrected chi connectivity index (χ4v) is 5.17. The van der Waals surface area contributed by atoms with Crippen molar-refractivity contribution in [1.29, 1.82) is 0 Å². The van der Waals surface area contributed by atoms with Crippen LogP contribution in [-0.4, -0.2) is 5.97 Å². The van der Waals surface area contributed by atoms with Crippen molar-refractivity contribution in [2.24, 2.45) is 0 Å². The summed E-state index contributed by atoms with van der Waals surface area (Å²) in [4.78, 5) is 15.6. The van der Waals surface area contributed by atoms with E-state index in [1.54, 1.807) is 36.1 Å². The molecule has 0 saturated carbocycles. The third-order valence-electron chi connectivity index (χ3n) is 3.96. The topological polar surface area (TPSA) is 40.1 Å². The molecule has 0 radical (unpaired) electrons. The van der Waals surface area contributed by atoms with Gasteiger partial charge in [-0.3, -0.25) is 0 Å². The van der Waals surface area contributed by atoms with Gasteiger partial charge in [0.25, 0.3) is 0 Å². The number of rotatable bonds is 2. The molecule has 2 aromatic carbocycles. The van der Waals surface area contributed by atoms with E-state index in [0.29, 0.717) is 0 Å². The summed E-state index contributed by atoms with van der Waals surface area (Å²) in [6, 6.07) is 18.8. The Morgan fingerprint density at radius 3 is 2.29 bits per heavy atom. The Hall–Kier alpha value is -2.30. The third kappa shape index (κ3) is 2.58. The number of fused-ring (bicyclic) bond motifs is 5. The second-order valence-corrected chi connectivity index (χ2v) is 7.77. The van der Waals surface area contributed by atoms with Crippen LogP contribution >= 0.6 is 23.1 Å². The van der Waals surface area contributed by atoms with Crippen LogP contribution in [0.4, 0.5) is 0 Å². The van der Waals surface area contributed by atoms with Crippen molar-refractivity contribution < 1.29 is 9.90 Å². The van der Waals surface area contributed by atoms with E-state index in [1.165, 1.54) is 25.8 Å². The lowest BCUT2D eigenvalue weighted by Crippen LogP contribution is -2.22. The fourth-order valence-electron chi connectivity index (χ4n) is 2.79. The minimum absolute atomic E-state index is 0.238. The average Bonchev–Trinajstić information content (AvgIpc) is 2.94. The van der Waals surface area contributed by atoms with Gasteiger partial charge in [-0.1, -0.05) is 48.2 Å². The standard InChI is InChI=1S/C20H14O2S2/c1-12(20(21)22)10-13-11-16-14-6-2-4-8-17(14)24-18-9-5-3-7-15(18)19(16)23-13/h2-11H,1H3,(H,21,22)/p-1/b12-10+. The van der Waals surface area contributed by atoms with Gasteiger partial charge in [0, 0.05) is 30.7 Å². The zero-order chi connectivity index (χ0) is 16.7. The normalized spacial score (nSPS) is 12.8. The van der Waals surface area contributed by atoms with Gasteiger partial charge in [0.1, 0.15) is 0 Å². The van der Waals surface area contributed by atoms with Gasteiger partial charge in [0.05, 0.1) is 5.97 Å². The molecule has 2 heterocycles. The Morgan fingerprint density at radius 2 is 1.58 bits per heavy atom. The van der Waals surface area contributed by atoms with Gasteiger partial charge in [-0.25, -0.2) is 0 Å². The highest BCUT2D eigenvalue weighted by atomic mass is 32.2. The van der Waals surface area contributed by atoms with Gasteiger partial charge in [-0.15, -0.1) is 11.3 Å². The van der Waals surface area contributed by atoms with Crippen LogP contribution in [0.15, 0.2) is 70.0 Å². The molecule has 1 aliphatic heterocycles. The summed E-state index contributed by atoms with van der Waals surface area (Å²) in [5, 5.41) is 11.0. The van der Waals surface area contributed by atoms with E-state index in [-0.39, 0.29) is 5.57 Å². The fraction of sp³-hybridized carbons (Fsp3) is 0.0500. The van der Waals surface area contributed by atoms with Crippen LogP contribution in [0.2, 0.25) is 0 Å². The van der Waals surface area contributed by atoms with Crippen LogP contribution in [0.3, 0.4) is 0 Å². The van der Waals surface area contributed by atoms with Gasteiger partial charge < -0.3 is 9.90 Å². The molecule has 0 bridgehead atoms. The first-order chi connectivity index (χ1) is 11.6. The smallest absolute Gasteiger partial charge is 0.0672 e. The van der Waals surface area contributed by atoms with E-state index in [2.05, 4.69) is 30.3 Å². The largest absolute Gasteiger partial charge is 0.545 e. The first-order valence-electron chi connectivity index (χ1n) is 7.53. The molecule has 24 heavy (non-hydrogen) atoms. The van der Waals surface area contributed by atoms with Gasteiger partial charge in [-0.05, 0) is 42.3 Å². The number of carboxylic acids is 1. The lowest BCUT2D eigenvalue weighted by molar-refractivity contribution is -0.299. The van der Waals surface area contributed by atoms with Crippen molar-refractivity contribution in [3.05, 3.63) is 65.0 Å². The Balaban J connectivity index is 1.98. The number of carbonyl (C=O) groups excluding carboxylic acids is 1. The monoisotopic (exact) mass is 349 g/mol.